The maximum atomic E-state index is 13.3. The predicted octanol–water partition coefficient (Wildman–Crippen LogP) is 3.81. The largest absolute Gasteiger partial charge is 0.371 e. The third-order valence-corrected chi connectivity index (χ3v) is 5.94. The molecule has 2 aliphatic heterocycles. The minimum absolute atomic E-state index is 0.179. The van der Waals surface area contributed by atoms with Crippen molar-refractivity contribution in [1.29, 1.82) is 0 Å². The molecule has 2 heterocycles. The molecular formula is C23H28FN3O. The van der Waals surface area contributed by atoms with Crippen molar-refractivity contribution in [2.24, 2.45) is 0 Å². The van der Waals surface area contributed by atoms with Crippen LogP contribution >= 0.6 is 0 Å². The highest BCUT2D eigenvalue weighted by Gasteiger charge is 2.32. The molecule has 0 aliphatic carbocycles. The first-order chi connectivity index (χ1) is 13.5. The van der Waals surface area contributed by atoms with E-state index in [1.807, 2.05) is 30.0 Å². The Morgan fingerprint density at radius 1 is 1.00 bits per heavy atom. The normalized spacial score (nSPS) is 20.8. The van der Waals surface area contributed by atoms with E-state index in [0.717, 1.165) is 49.4 Å². The lowest BCUT2D eigenvalue weighted by molar-refractivity contribution is -0.117. The molecule has 0 radical (unpaired) electrons. The highest BCUT2D eigenvalue weighted by molar-refractivity contribution is 5.96. The fourth-order valence-electron chi connectivity index (χ4n) is 4.39. The highest BCUT2D eigenvalue weighted by atomic mass is 19.1. The summed E-state index contributed by atoms with van der Waals surface area (Å²) in [4.78, 5) is 16.7. The number of benzene rings is 2. The lowest BCUT2D eigenvalue weighted by Gasteiger charge is -2.36. The zero-order valence-corrected chi connectivity index (χ0v) is 16.6. The van der Waals surface area contributed by atoms with Crippen molar-refractivity contribution in [2.75, 3.05) is 29.4 Å². The third kappa shape index (κ3) is 4.04. The van der Waals surface area contributed by atoms with Crippen LogP contribution in [0.25, 0.3) is 0 Å². The van der Waals surface area contributed by atoms with E-state index in [1.165, 1.54) is 11.6 Å². The molecule has 2 saturated heterocycles. The van der Waals surface area contributed by atoms with Gasteiger partial charge in [0.25, 0.3) is 0 Å². The lowest BCUT2D eigenvalue weighted by atomic mass is 10.0. The minimum Gasteiger partial charge on any atom is -0.371 e. The molecular weight excluding hydrogens is 353 g/mol. The third-order valence-electron chi connectivity index (χ3n) is 5.94. The van der Waals surface area contributed by atoms with Crippen molar-refractivity contribution < 1.29 is 9.18 Å². The van der Waals surface area contributed by atoms with E-state index in [9.17, 15) is 9.18 Å². The molecule has 1 amide bonds. The molecule has 0 aromatic heterocycles. The van der Waals surface area contributed by atoms with Gasteiger partial charge in [-0.25, -0.2) is 4.39 Å². The topological polar surface area (TPSA) is 35.6 Å². The van der Waals surface area contributed by atoms with E-state index in [1.54, 1.807) is 6.07 Å². The van der Waals surface area contributed by atoms with E-state index in [2.05, 4.69) is 29.3 Å². The first-order valence-electron chi connectivity index (χ1n) is 10.1. The summed E-state index contributed by atoms with van der Waals surface area (Å²) < 4.78 is 13.3. The van der Waals surface area contributed by atoms with Gasteiger partial charge in [0.05, 0.1) is 0 Å². The zero-order chi connectivity index (χ0) is 19.7. The van der Waals surface area contributed by atoms with Crippen LogP contribution in [0.15, 0.2) is 42.5 Å². The molecule has 0 saturated carbocycles. The van der Waals surface area contributed by atoms with Gasteiger partial charge in [-0.3, -0.25) is 4.79 Å². The number of nitrogens with zero attached hydrogens (tertiary/aromatic N) is 2. The van der Waals surface area contributed by atoms with Gasteiger partial charge in [-0.1, -0.05) is 17.7 Å². The standard InChI is InChI=1S/C23H28FN3O/c1-16-3-6-21(7-4-16)27-15-20(14-23(27)28)25-19-9-11-26(12-10-19)22-8-5-18(24)13-17(22)2/h3-8,13,19-20,25H,9-12,14-15H2,1-2H3. The molecule has 5 heteroatoms. The molecule has 4 rings (SSSR count). The quantitative estimate of drug-likeness (QED) is 0.875. The number of carbonyl (C=O) groups excluding carboxylic acids is 1. The molecule has 4 nitrogen and oxygen atoms in total. The number of rotatable bonds is 4. The summed E-state index contributed by atoms with van der Waals surface area (Å²) >= 11 is 0. The molecule has 2 aliphatic rings. The first kappa shape index (κ1) is 18.9. The maximum Gasteiger partial charge on any atom is 0.228 e. The molecule has 2 aromatic carbocycles. The molecule has 1 N–H and O–H groups in total. The fraction of sp³-hybridized carbons (Fsp3) is 0.435. The van der Waals surface area contributed by atoms with Gasteiger partial charge >= 0.3 is 0 Å². The Balaban J connectivity index is 1.31. The second-order valence-electron chi connectivity index (χ2n) is 8.10. The van der Waals surface area contributed by atoms with Crippen molar-refractivity contribution in [3.8, 4) is 0 Å². The molecule has 2 aromatic rings. The Labute approximate surface area is 166 Å². The van der Waals surface area contributed by atoms with E-state index in [4.69, 9.17) is 0 Å². The van der Waals surface area contributed by atoms with Crippen molar-refractivity contribution in [1.82, 2.24) is 5.32 Å². The number of halogens is 1. The summed E-state index contributed by atoms with van der Waals surface area (Å²) in [6.07, 6.45) is 2.63. The SMILES string of the molecule is Cc1ccc(N2CC(NC3CCN(c4ccc(F)cc4C)CC3)CC2=O)cc1. The van der Waals surface area contributed by atoms with Crippen LogP contribution in [0.5, 0.6) is 0 Å². The molecule has 0 spiro atoms. The summed E-state index contributed by atoms with van der Waals surface area (Å²) in [6, 6.07) is 13.8. The van der Waals surface area contributed by atoms with Gasteiger partial charge in [-0.15, -0.1) is 0 Å². The average Bonchev–Trinajstić information content (AvgIpc) is 3.03. The molecule has 0 bridgehead atoms. The summed E-state index contributed by atoms with van der Waals surface area (Å²) in [6.45, 7) is 6.66. The van der Waals surface area contributed by atoms with Gasteiger partial charge in [0.2, 0.25) is 5.91 Å². The summed E-state index contributed by atoms with van der Waals surface area (Å²) in [5, 5.41) is 3.71. The van der Waals surface area contributed by atoms with Crippen LogP contribution in [0.1, 0.15) is 30.4 Å². The smallest absolute Gasteiger partial charge is 0.228 e. The van der Waals surface area contributed by atoms with E-state index in [0.29, 0.717) is 12.5 Å². The number of nitrogens with one attached hydrogen (secondary N) is 1. The van der Waals surface area contributed by atoms with Crippen molar-refractivity contribution in [2.45, 2.75) is 45.2 Å². The Kier molecular flexibility index (Phi) is 5.36. The van der Waals surface area contributed by atoms with Gasteiger partial charge in [-0.2, -0.15) is 0 Å². The first-order valence-corrected chi connectivity index (χ1v) is 10.1. The van der Waals surface area contributed by atoms with Gasteiger partial charge in [0.1, 0.15) is 5.82 Å². The monoisotopic (exact) mass is 381 g/mol. The Morgan fingerprint density at radius 3 is 2.39 bits per heavy atom. The van der Waals surface area contributed by atoms with Crippen molar-refractivity contribution in [3.05, 3.63) is 59.4 Å². The average molecular weight is 381 g/mol. The number of anilines is 2. The lowest BCUT2D eigenvalue weighted by Crippen LogP contribution is -2.47. The Bertz CT molecular complexity index is 843. The molecule has 1 unspecified atom stereocenters. The van der Waals surface area contributed by atoms with Crippen LogP contribution < -0.4 is 15.1 Å². The van der Waals surface area contributed by atoms with Crippen LogP contribution in [0.2, 0.25) is 0 Å². The fourth-order valence-corrected chi connectivity index (χ4v) is 4.39. The van der Waals surface area contributed by atoms with Gasteiger partial charge < -0.3 is 15.1 Å². The predicted molar refractivity (Wildman–Crippen MR) is 111 cm³/mol. The number of hydrogen-bond acceptors (Lipinski definition) is 3. The summed E-state index contributed by atoms with van der Waals surface area (Å²) in [7, 11) is 0. The maximum absolute atomic E-state index is 13.3. The molecule has 2 fully saturated rings. The second kappa shape index (κ2) is 7.92. The van der Waals surface area contributed by atoms with Gasteiger partial charge in [-0.05, 0) is 62.6 Å². The number of aryl methyl sites for hydroxylation is 2. The van der Waals surface area contributed by atoms with Crippen LogP contribution in [-0.2, 0) is 4.79 Å². The van der Waals surface area contributed by atoms with E-state index >= 15 is 0 Å². The highest BCUT2D eigenvalue weighted by Crippen LogP contribution is 2.26. The number of amides is 1. The summed E-state index contributed by atoms with van der Waals surface area (Å²) in [5.41, 5.74) is 4.30. The van der Waals surface area contributed by atoms with Crippen molar-refractivity contribution in [3.63, 3.8) is 0 Å². The van der Waals surface area contributed by atoms with Gasteiger partial charge in [0, 0.05) is 49.5 Å². The summed E-state index contributed by atoms with van der Waals surface area (Å²) in [5.74, 6) is 0.0163. The Morgan fingerprint density at radius 2 is 1.71 bits per heavy atom. The van der Waals surface area contributed by atoms with Gasteiger partial charge in [0.15, 0.2) is 0 Å². The van der Waals surface area contributed by atoms with Crippen LogP contribution in [0.4, 0.5) is 15.8 Å². The zero-order valence-electron chi connectivity index (χ0n) is 16.6. The Hall–Kier alpha value is -2.40. The van der Waals surface area contributed by atoms with E-state index in [-0.39, 0.29) is 17.8 Å². The number of hydrogen-bond donors (Lipinski definition) is 1. The number of piperidine rings is 1. The van der Waals surface area contributed by atoms with Crippen LogP contribution in [-0.4, -0.2) is 37.6 Å². The van der Waals surface area contributed by atoms with Crippen LogP contribution in [0.3, 0.4) is 0 Å². The van der Waals surface area contributed by atoms with E-state index < -0.39 is 0 Å². The molecule has 28 heavy (non-hydrogen) atoms. The minimum atomic E-state index is -0.179. The second-order valence-corrected chi connectivity index (χ2v) is 8.10. The molecule has 1 atom stereocenters. The molecule has 148 valence electrons. The number of carbonyl (C=O) groups is 1. The van der Waals surface area contributed by atoms with Crippen molar-refractivity contribution >= 4 is 17.3 Å². The van der Waals surface area contributed by atoms with Crippen LogP contribution in [0, 0.1) is 19.7 Å².